The number of rotatable bonds is 6. The average Bonchev–Trinajstić information content (AvgIpc) is 3.33. The van der Waals surface area contributed by atoms with Crippen LogP contribution in [0.3, 0.4) is 0 Å². The van der Waals surface area contributed by atoms with Crippen LogP contribution in [0.15, 0.2) is 78.1 Å². The molecule has 34 heavy (non-hydrogen) atoms. The molecule has 5 rings (SSSR count). The maximum absolute atomic E-state index is 14.4. The molecule has 1 fully saturated rings. The molecule has 7 heteroatoms. The van der Waals surface area contributed by atoms with Crippen molar-refractivity contribution in [3.05, 3.63) is 106 Å². The second-order valence-electron chi connectivity index (χ2n) is 8.10. The van der Waals surface area contributed by atoms with Crippen LogP contribution in [-0.4, -0.2) is 24.7 Å². The van der Waals surface area contributed by atoms with Gasteiger partial charge in [0.15, 0.2) is 0 Å². The summed E-state index contributed by atoms with van der Waals surface area (Å²) in [6.07, 6.45) is 8.21. The topological polar surface area (TPSA) is 38.1 Å². The Morgan fingerprint density at radius 3 is 2.65 bits per heavy atom. The van der Waals surface area contributed by atoms with E-state index in [0.717, 1.165) is 28.5 Å². The first kappa shape index (κ1) is 22.5. The van der Waals surface area contributed by atoms with Crippen LogP contribution < -0.4 is 0 Å². The number of carbonyl (C=O) groups is 1. The first-order valence-corrected chi connectivity index (χ1v) is 12.3. The summed E-state index contributed by atoms with van der Waals surface area (Å²) in [5.74, 6) is -0.336. The van der Waals surface area contributed by atoms with Gasteiger partial charge in [-0.2, -0.15) is 0 Å². The fraction of sp³-hybridized carbons (Fsp3) is 0.148. The molecule has 3 heterocycles. The monoisotopic (exact) mass is 487 g/mol. The van der Waals surface area contributed by atoms with Crippen molar-refractivity contribution in [1.82, 2.24) is 14.5 Å². The van der Waals surface area contributed by atoms with Gasteiger partial charge >= 0.3 is 0 Å². The number of benzene rings is 2. The Balaban J connectivity index is 1.53. The molecule has 1 aliphatic rings. The van der Waals surface area contributed by atoms with E-state index in [-0.39, 0.29) is 11.7 Å². The molecule has 4 nitrogen and oxygen atoms in total. The van der Waals surface area contributed by atoms with Gasteiger partial charge in [0.2, 0.25) is 0 Å². The lowest BCUT2D eigenvalue weighted by molar-refractivity contribution is -0.122. The van der Waals surface area contributed by atoms with E-state index < -0.39 is 0 Å². The molecular formula is C27H22FN3OS2. The largest absolute Gasteiger partial charge is 0.342 e. The summed E-state index contributed by atoms with van der Waals surface area (Å²) < 4.78 is 17.0. The first-order chi connectivity index (χ1) is 16.5. The van der Waals surface area contributed by atoms with Crippen LogP contribution in [0.1, 0.15) is 29.2 Å². The number of hydrogen-bond acceptors (Lipinski definition) is 4. The molecule has 170 valence electrons. The van der Waals surface area contributed by atoms with Gasteiger partial charge in [-0.05, 0) is 35.8 Å². The third kappa shape index (κ3) is 4.29. The van der Waals surface area contributed by atoms with Crippen LogP contribution in [0.4, 0.5) is 4.39 Å². The van der Waals surface area contributed by atoms with Crippen LogP contribution in [0.5, 0.6) is 0 Å². The van der Waals surface area contributed by atoms with Crippen molar-refractivity contribution in [3.8, 4) is 0 Å². The number of para-hydroxylation sites is 1. The fourth-order valence-electron chi connectivity index (χ4n) is 4.25. The SMILES string of the molecule is CCc1cccc2c(/C=C3\SC(=S)N(Cc4cccnc4)C3=O)cn(Cc3ccccc3F)c12. The van der Waals surface area contributed by atoms with E-state index in [4.69, 9.17) is 12.2 Å². The van der Waals surface area contributed by atoms with Crippen molar-refractivity contribution in [2.24, 2.45) is 0 Å². The standard InChI is InChI=1S/C27H22FN3OS2/c1-2-19-9-5-10-22-21(17-30(25(19)22)16-20-8-3-4-11-23(20)28)13-24-26(32)31(27(33)34-24)15-18-7-6-12-29-14-18/h3-14,17H,2,15-16H2,1H3/b24-13-. The maximum atomic E-state index is 14.4. The number of nitrogens with zero attached hydrogens (tertiary/aromatic N) is 3. The van der Waals surface area contributed by atoms with Gasteiger partial charge in [0.25, 0.3) is 5.91 Å². The summed E-state index contributed by atoms with van der Waals surface area (Å²) in [6, 6.07) is 16.8. The summed E-state index contributed by atoms with van der Waals surface area (Å²) in [4.78, 5) is 19.5. The van der Waals surface area contributed by atoms with Crippen molar-refractivity contribution < 1.29 is 9.18 Å². The Hall–Kier alpha value is -3.29. The molecule has 2 aromatic heterocycles. The minimum atomic E-state index is -0.226. The number of pyridine rings is 1. The predicted octanol–water partition coefficient (Wildman–Crippen LogP) is 6.19. The lowest BCUT2D eigenvalue weighted by Crippen LogP contribution is -2.27. The van der Waals surface area contributed by atoms with E-state index in [1.165, 1.54) is 23.4 Å². The Morgan fingerprint density at radius 2 is 1.88 bits per heavy atom. The van der Waals surface area contributed by atoms with Crippen LogP contribution in [0.2, 0.25) is 0 Å². The number of aryl methyl sites for hydroxylation is 1. The minimum Gasteiger partial charge on any atom is -0.342 e. The van der Waals surface area contributed by atoms with E-state index in [1.54, 1.807) is 29.4 Å². The maximum Gasteiger partial charge on any atom is 0.266 e. The van der Waals surface area contributed by atoms with Crippen LogP contribution in [0, 0.1) is 5.82 Å². The highest BCUT2D eigenvalue weighted by atomic mass is 32.2. The average molecular weight is 488 g/mol. The molecule has 1 aliphatic heterocycles. The second-order valence-corrected chi connectivity index (χ2v) is 9.78. The van der Waals surface area contributed by atoms with E-state index in [9.17, 15) is 9.18 Å². The van der Waals surface area contributed by atoms with Crippen molar-refractivity contribution in [3.63, 3.8) is 0 Å². The third-order valence-electron chi connectivity index (χ3n) is 5.92. The third-order valence-corrected chi connectivity index (χ3v) is 7.29. The Bertz CT molecular complexity index is 1430. The van der Waals surface area contributed by atoms with Crippen molar-refractivity contribution in [1.29, 1.82) is 0 Å². The number of aromatic nitrogens is 2. The summed E-state index contributed by atoms with van der Waals surface area (Å²) in [7, 11) is 0. The van der Waals surface area contributed by atoms with Crippen LogP contribution >= 0.6 is 24.0 Å². The van der Waals surface area contributed by atoms with Gasteiger partial charge in [-0.3, -0.25) is 14.7 Å². The van der Waals surface area contributed by atoms with Gasteiger partial charge in [-0.1, -0.05) is 73.4 Å². The zero-order valence-electron chi connectivity index (χ0n) is 18.6. The van der Waals surface area contributed by atoms with Gasteiger partial charge < -0.3 is 4.57 Å². The number of thioether (sulfide) groups is 1. The second kappa shape index (κ2) is 9.52. The number of hydrogen-bond donors (Lipinski definition) is 0. The molecule has 0 saturated carbocycles. The van der Waals surface area contributed by atoms with Crippen molar-refractivity contribution in [2.45, 2.75) is 26.4 Å². The summed E-state index contributed by atoms with van der Waals surface area (Å²) in [5, 5.41) is 1.04. The molecule has 0 radical (unpaired) electrons. The molecule has 0 atom stereocenters. The van der Waals surface area contributed by atoms with E-state index in [1.807, 2.05) is 36.5 Å². The molecule has 1 amide bonds. The lowest BCUT2D eigenvalue weighted by Gasteiger charge is -2.13. The summed E-state index contributed by atoms with van der Waals surface area (Å²) in [5.41, 5.74) is 4.71. The van der Waals surface area contributed by atoms with E-state index >= 15 is 0 Å². The number of halogens is 1. The van der Waals surface area contributed by atoms with Crippen molar-refractivity contribution in [2.75, 3.05) is 0 Å². The highest BCUT2D eigenvalue weighted by molar-refractivity contribution is 8.26. The Kier molecular flexibility index (Phi) is 6.30. The highest BCUT2D eigenvalue weighted by Crippen LogP contribution is 2.36. The van der Waals surface area contributed by atoms with Gasteiger partial charge in [0, 0.05) is 35.1 Å². The molecule has 0 unspecified atom stereocenters. The van der Waals surface area contributed by atoms with Gasteiger partial charge in [0.05, 0.1) is 23.5 Å². The van der Waals surface area contributed by atoms with Crippen molar-refractivity contribution >= 4 is 51.2 Å². The highest BCUT2D eigenvalue weighted by Gasteiger charge is 2.32. The number of carbonyl (C=O) groups excluding carboxylic acids is 1. The Labute approximate surface area is 207 Å². The van der Waals surface area contributed by atoms with E-state index in [2.05, 4.69) is 28.6 Å². The van der Waals surface area contributed by atoms with Gasteiger partial charge in [-0.15, -0.1) is 0 Å². The number of thiocarbonyl (C=S) groups is 1. The molecule has 0 spiro atoms. The smallest absolute Gasteiger partial charge is 0.266 e. The molecule has 0 aliphatic carbocycles. The Morgan fingerprint density at radius 1 is 1.06 bits per heavy atom. The quantitative estimate of drug-likeness (QED) is 0.240. The van der Waals surface area contributed by atoms with E-state index in [0.29, 0.717) is 27.9 Å². The van der Waals surface area contributed by atoms with Gasteiger partial charge in [-0.25, -0.2) is 4.39 Å². The molecule has 0 N–H and O–H groups in total. The first-order valence-electron chi connectivity index (χ1n) is 11.0. The summed E-state index contributed by atoms with van der Waals surface area (Å²) in [6.45, 7) is 2.92. The minimum absolute atomic E-state index is 0.111. The molecule has 2 aromatic carbocycles. The zero-order chi connectivity index (χ0) is 23.7. The fourth-order valence-corrected chi connectivity index (χ4v) is 5.50. The predicted molar refractivity (Wildman–Crippen MR) is 140 cm³/mol. The zero-order valence-corrected chi connectivity index (χ0v) is 20.2. The molecule has 4 aromatic rings. The number of fused-ring (bicyclic) bond motifs is 1. The number of amides is 1. The molecular weight excluding hydrogens is 465 g/mol. The van der Waals surface area contributed by atoms with Crippen LogP contribution in [-0.2, 0) is 24.3 Å². The lowest BCUT2D eigenvalue weighted by atomic mass is 10.1. The summed E-state index contributed by atoms with van der Waals surface area (Å²) >= 11 is 6.82. The normalized spacial score (nSPS) is 15.1. The van der Waals surface area contributed by atoms with Gasteiger partial charge in [0.1, 0.15) is 10.1 Å². The van der Waals surface area contributed by atoms with Crippen LogP contribution in [0.25, 0.3) is 17.0 Å². The molecule has 1 saturated heterocycles. The molecule has 0 bridgehead atoms.